The molecule has 0 bridgehead atoms. The molecule has 0 saturated heterocycles. The van der Waals surface area contributed by atoms with Crippen LogP contribution in [-0.4, -0.2) is 23.3 Å². The molecule has 0 aromatic heterocycles. The van der Waals surface area contributed by atoms with Gasteiger partial charge in [0.15, 0.2) is 0 Å². The lowest BCUT2D eigenvalue weighted by atomic mass is 10.00. The van der Waals surface area contributed by atoms with E-state index in [-0.39, 0.29) is 17.2 Å². The first-order valence-corrected chi connectivity index (χ1v) is 7.17. The Morgan fingerprint density at radius 3 is 1.70 bits per heavy atom. The van der Waals surface area contributed by atoms with Crippen LogP contribution in [0.1, 0.15) is 60.1 Å². The maximum atomic E-state index is 6.23. The zero-order valence-corrected chi connectivity index (χ0v) is 14.2. The van der Waals surface area contributed by atoms with E-state index in [2.05, 4.69) is 53.5 Å². The van der Waals surface area contributed by atoms with Gasteiger partial charge in [-0.2, -0.15) is 5.06 Å². The standard InChI is InChI=1S/C17H29NO2/c1-13(14-9-11-15(19-8)12-10-14)20-18(16(2,3)4)17(5,6)7/h9-13H,1-8H3. The Hall–Kier alpha value is -1.06. The lowest BCUT2D eigenvalue weighted by Crippen LogP contribution is -2.52. The molecular weight excluding hydrogens is 250 g/mol. The molecule has 0 fully saturated rings. The lowest BCUT2D eigenvalue weighted by Gasteiger charge is -2.45. The molecule has 0 aliphatic carbocycles. The van der Waals surface area contributed by atoms with Crippen LogP contribution in [0.3, 0.4) is 0 Å². The van der Waals surface area contributed by atoms with Crippen molar-refractivity contribution in [2.24, 2.45) is 0 Å². The Kier molecular flexibility index (Phi) is 5.22. The fourth-order valence-corrected chi connectivity index (χ4v) is 2.42. The fraction of sp³-hybridized carbons (Fsp3) is 0.647. The highest BCUT2D eigenvalue weighted by Crippen LogP contribution is 2.30. The number of nitrogens with zero attached hydrogens (tertiary/aromatic N) is 1. The SMILES string of the molecule is COc1ccc(C(C)ON(C(C)(C)C)C(C)(C)C)cc1. The van der Waals surface area contributed by atoms with Crippen LogP contribution in [-0.2, 0) is 4.84 Å². The number of benzene rings is 1. The topological polar surface area (TPSA) is 21.7 Å². The first-order valence-electron chi connectivity index (χ1n) is 7.17. The van der Waals surface area contributed by atoms with Crippen LogP contribution in [0.5, 0.6) is 5.75 Å². The van der Waals surface area contributed by atoms with E-state index in [1.807, 2.05) is 24.3 Å². The van der Waals surface area contributed by atoms with Gasteiger partial charge in [-0.1, -0.05) is 12.1 Å². The summed E-state index contributed by atoms with van der Waals surface area (Å²) in [7, 11) is 1.68. The van der Waals surface area contributed by atoms with Gasteiger partial charge in [-0.3, -0.25) is 4.84 Å². The highest BCUT2D eigenvalue weighted by molar-refractivity contribution is 5.28. The Bertz CT molecular complexity index is 398. The van der Waals surface area contributed by atoms with Crippen LogP contribution >= 0.6 is 0 Å². The van der Waals surface area contributed by atoms with E-state index < -0.39 is 0 Å². The summed E-state index contributed by atoms with van der Waals surface area (Å²) in [4.78, 5) is 6.23. The monoisotopic (exact) mass is 279 g/mol. The molecule has 1 aromatic carbocycles. The minimum absolute atomic E-state index is 0.000596. The molecule has 0 N–H and O–H groups in total. The van der Waals surface area contributed by atoms with Crippen LogP contribution < -0.4 is 4.74 Å². The highest BCUT2D eigenvalue weighted by Gasteiger charge is 2.34. The molecule has 3 nitrogen and oxygen atoms in total. The minimum Gasteiger partial charge on any atom is -0.497 e. The average molecular weight is 279 g/mol. The third-order valence-electron chi connectivity index (χ3n) is 3.07. The minimum atomic E-state index is -0.0566. The smallest absolute Gasteiger partial charge is 0.118 e. The van der Waals surface area contributed by atoms with Crippen molar-refractivity contribution in [2.75, 3.05) is 7.11 Å². The van der Waals surface area contributed by atoms with E-state index in [4.69, 9.17) is 9.57 Å². The molecule has 1 unspecified atom stereocenters. The third-order valence-corrected chi connectivity index (χ3v) is 3.07. The largest absolute Gasteiger partial charge is 0.497 e. The lowest BCUT2D eigenvalue weighted by molar-refractivity contribution is -0.283. The summed E-state index contributed by atoms with van der Waals surface area (Å²) in [5.41, 5.74) is 1.03. The van der Waals surface area contributed by atoms with Gasteiger partial charge in [-0.25, -0.2) is 0 Å². The van der Waals surface area contributed by atoms with Gasteiger partial charge in [-0.15, -0.1) is 0 Å². The van der Waals surface area contributed by atoms with Gasteiger partial charge in [0.05, 0.1) is 7.11 Å². The number of ether oxygens (including phenoxy) is 1. The Labute approximate surface area is 123 Å². The molecule has 0 aliphatic rings. The van der Waals surface area contributed by atoms with Gasteiger partial charge >= 0.3 is 0 Å². The molecule has 0 radical (unpaired) electrons. The molecule has 0 amide bonds. The Morgan fingerprint density at radius 2 is 1.35 bits per heavy atom. The molecule has 0 spiro atoms. The van der Waals surface area contributed by atoms with Crippen molar-refractivity contribution in [2.45, 2.75) is 65.6 Å². The van der Waals surface area contributed by atoms with Crippen LogP contribution in [0.25, 0.3) is 0 Å². The van der Waals surface area contributed by atoms with Crippen molar-refractivity contribution in [1.29, 1.82) is 0 Å². The summed E-state index contributed by atoms with van der Waals surface area (Å²) < 4.78 is 5.19. The van der Waals surface area contributed by atoms with E-state index in [1.165, 1.54) is 0 Å². The van der Waals surface area contributed by atoms with Gasteiger partial charge in [0.2, 0.25) is 0 Å². The van der Waals surface area contributed by atoms with Crippen LogP contribution in [0.15, 0.2) is 24.3 Å². The first-order chi connectivity index (χ1) is 9.05. The molecule has 3 heteroatoms. The van der Waals surface area contributed by atoms with E-state index >= 15 is 0 Å². The van der Waals surface area contributed by atoms with Gasteiger partial charge < -0.3 is 4.74 Å². The summed E-state index contributed by atoms with van der Waals surface area (Å²) in [5, 5.41) is 2.08. The van der Waals surface area contributed by atoms with Crippen molar-refractivity contribution in [3.63, 3.8) is 0 Å². The van der Waals surface area contributed by atoms with Crippen molar-refractivity contribution in [3.8, 4) is 5.75 Å². The molecule has 1 atom stereocenters. The molecule has 0 aliphatic heterocycles. The highest BCUT2D eigenvalue weighted by atomic mass is 16.7. The second-order valence-electron chi connectivity index (χ2n) is 7.16. The number of methoxy groups -OCH3 is 1. The molecule has 1 aromatic rings. The summed E-state index contributed by atoms with van der Waals surface area (Å²) >= 11 is 0. The van der Waals surface area contributed by atoms with Gasteiger partial charge in [0.25, 0.3) is 0 Å². The maximum absolute atomic E-state index is 6.23. The molecule has 0 saturated carbocycles. The predicted octanol–water partition coefficient (Wildman–Crippen LogP) is 4.59. The molecule has 1 rings (SSSR count). The third kappa shape index (κ3) is 4.50. The van der Waals surface area contributed by atoms with Gasteiger partial charge in [-0.05, 0) is 66.2 Å². The van der Waals surface area contributed by atoms with E-state index in [9.17, 15) is 0 Å². The normalized spacial score (nSPS) is 14.4. The maximum Gasteiger partial charge on any atom is 0.118 e. The van der Waals surface area contributed by atoms with Crippen LogP contribution in [0, 0.1) is 0 Å². The first kappa shape index (κ1) is 17.0. The predicted molar refractivity (Wildman–Crippen MR) is 83.8 cm³/mol. The molecular formula is C17H29NO2. The summed E-state index contributed by atoms with van der Waals surface area (Å²) in [6.07, 6.45) is -0.000596. The quantitative estimate of drug-likeness (QED) is 0.753. The molecule has 114 valence electrons. The van der Waals surface area contributed by atoms with Crippen molar-refractivity contribution in [1.82, 2.24) is 5.06 Å². The fourth-order valence-electron chi connectivity index (χ4n) is 2.42. The van der Waals surface area contributed by atoms with E-state index in [0.29, 0.717) is 0 Å². The number of hydrogen-bond donors (Lipinski definition) is 0. The molecule has 20 heavy (non-hydrogen) atoms. The zero-order chi connectivity index (χ0) is 15.6. The second kappa shape index (κ2) is 6.15. The Morgan fingerprint density at radius 1 is 0.900 bits per heavy atom. The summed E-state index contributed by atoms with van der Waals surface area (Å²) in [6, 6.07) is 8.03. The zero-order valence-electron chi connectivity index (χ0n) is 14.2. The van der Waals surface area contributed by atoms with Gasteiger partial charge in [0.1, 0.15) is 11.9 Å². The van der Waals surface area contributed by atoms with Crippen molar-refractivity contribution >= 4 is 0 Å². The second-order valence-corrected chi connectivity index (χ2v) is 7.16. The Balaban J connectivity index is 2.88. The molecule has 0 heterocycles. The summed E-state index contributed by atoms with van der Waals surface area (Å²) in [5.74, 6) is 0.865. The van der Waals surface area contributed by atoms with Crippen molar-refractivity contribution < 1.29 is 9.57 Å². The number of hydroxylamine groups is 2. The number of rotatable bonds is 4. The van der Waals surface area contributed by atoms with Crippen LogP contribution in [0.2, 0.25) is 0 Å². The van der Waals surface area contributed by atoms with Crippen molar-refractivity contribution in [3.05, 3.63) is 29.8 Å². The summed E-state index contributed by atoms with van der Waals surface area (Å²) in [6.45, 7) is 15.1. The van der Waals surface area contributed by atoms with Gasteiger partial charge in [0, 0.05) is 11.1 Å². The van der Waals surface area contributed by atoms with Crippen LogP contribution in [0.4, 0.5) is 0 Å². The average Bonchev–Trinajstić information content (AvgIpc) is 2.33. The number of hydrogen-bond acceptors (Lipinski definition) is 3. The van der Waals surface area contributed by atoms with E-state index in [0.717, 1.165) is 11.3 Å². The van der Waals surface area contributed by atoms with E-state index in [1.54, 1.807) is 7.11 Å².